The molecule has 0 aromatic rings. The number of nitrogens with zero attached hydrogens (tertiary/aromatic N) is 1. The highest BCUT2D eigenvalue weighted by Crippen LogP contribution is 2.35. The molecular formula is C25H47N3O12. The summed E-state index contributed by atoms with van der Waals surface area (Å²) in [5.41, 5.74) is 9.43. The number of carbonyl (C=O) groups is 1. The first-order valence-corrected chi connectivity index (χ1v) is 13.5. The highest BCUT2D eigenvalue weighted by molar-refractivity contribution is 5.68. The predicted octanol–water partition coefficient (Wildman–Crippen LogP) is -3.05. The maximum atomic E-state index is 12.7. The van der Waals surface area contributed by atoms with Crippen LogP contribution < -0.4 is 11.5 Å². The van der Waals surface area contributed by atoms with Crippen LogP contribution in [-0.4, -0.2) is 147 Å². The van der Waals surface area contributed by atoms with Gasteiger partial charge in [0.25, 0.3) is 0 Å². The molecule has 40 heavy (non-hydrogen) atoms. The summed E-state index contributed by atoms with van der Waals surface area (Å²) in [6.07, 6.45) is -14.1. The van der Waals surface area contributed by atoms with Crippen molar-refractivity contribution in [2.24, 2.45) is 17.4 Å². The van der Waals surface area contributed by atoms with E-state index in [0.29, 0.717) is 6.42 Å². The van der Waals surface area contributed by atoms with E-state index in [1.165, 1.54) is 14.0 Å². The van der Waals surface area contributed by atoms with Gasteiger partial charge in [0.1, 0.15) is 53.9 Å². The number of ether oxygens (including phenoxy) is 5. The first kappa shape index (κ1) is 33.3. The Morgan fingerprint density at radius 3 is 2.17 bits per heavy atom. The number of hydrogen-bond acceptors (Lipinski definition) is 14. The van der Waals surface area contributed by atoms with Crippen molar-refractivity contribution in [2.45, 2.75) is 126 Å². The van der Waals surface area contributed by atoms with E-state index >= 15 is 0 Å². The van der Waals surface area contributed by atoms with Crippen molar-refractivity contribution in [3.8, 4) is 0 Å². The van der Waals surface area contributed by atoms with E-state index in [1.807, 2.05) is 0 Å². The second-order valence-electron chi connectivity index (χ2n) is 12.4. The van der Waals surface area contributed by atoms with Crippen LogP contribution in [0.3, 0.4) is 0 Å². The Bertz CT molecular complexity index is 857. The number of aliphatic hydroxyl groups excluding tert-OH is 5. The normalized spacial score (nSPS) is 46.6. The van der Waals surface area contributed by atoms with Crippen LogP contribution in [0.5, 0.6) is 0 Å². The molecule has 2 heterocycles. The van der Waals surface area contributed by atoms with Crippen LogP contribution in [0.4, 0.5) is 4.79 Å². The molecule has 234 valence electrons. The second kappa shape index (κ2) is 12.6. The largest absolute Gasteiger partial charge is 0.444 e. The molecule has 1 saturated carbocycles. The van der Waals surface area contributed by atoms with Gasteiger partial charge < -0.3 is 70.7 Å². The third kappa shape index (κ3) is 7.04. The van der Waals surface area contributed by atoms with Crippen LogP contribution in [0, 0.1) is 5.92 Å². The molecule has 14 atom stereocenters. The zero-order valence-electron chi connectivity index (χ0n) is 23.9. The van der Waals surface area contributed by atoms with E-state index in [4.69, 9.17) is 35.2 Å². The summed E-state index contributed by atoms with van der Waals surface area (Å²) in [6, 6.07) is -1.93. The van der Waals surface area contributed by atoms with Crippen molar-refractivity contribution in [3.63, 3.8) is 0 Å². The number of amides is 1. The Balaban J connectivity index is 1.75. The highest BCUT2D eigenvalue weighted by Gasteiger charge is 2.54. The van der Waals surface area contributed by atoms with Gasteiger partial charge in [0.15, 0.2) is 12.6 Å². The molecule has 1 unspecified atom stereocenters. The van der Waals surface area contributed by atoms with E-state index in [-0.39, 0.29) is 19.1 Å². The van der Waals surface area contributed by atoms with Crippen LogP contribution in [-0.2, 0) is 23.7 Å². The van der Waals surface area contributed by atoms with Crippen molar-refractivity contribution >= 4 is 6.09 Å². The minimum Gasteiger partial charge on any atom is -0.444 e. The quantitative estimate of drug-likeness (QED) is 0.156. The first-order valence-electron chi connectivity index (χ1n) is 13.5. The van der Waals surface area contributed by atoms with Gasteiger partial charge in [0.05, 0.1) is 18.8 Å². The molecule has 2 saturated heterocycles. The van der Waals surface area contributed by atoms with Gasteiger partial charge in [-0.25, -0.2) is 4.79 Å². The number of aliphatic hydroxyl groups is 6. The van der Waals surface area contributed by atoms with E-state index in [2.05, 4.69) is 0 Å². The van der Waals surface area contributed by atoms with Gasteiger partial charge >= 0.3 is 6.09 Å². The average Bonchev–Trinajstić information content (AvgIpc) is 2.84. The van der Waals surface area contributed by atoms with Crippen LogP contribution in [0.25, 0.3) is 0 Å². The molecule has 2 aliphatic heterocycles. The Morgan fingerprint density at radius 2 is 1.60 bits per heavy atom. The number of rotatable bonds is 6. The van der Waals surface area contributed by atoms with Gasteiger partial charge in [-0.05, 0) is 40.0 Å². The minimum atomic E-state index is -1.67. The molecule has 0 bridgehead atoms. The molecule has 3 aliphatic rings. The lowest BCUT2D eigenvalue weighted by atomic mass is 9.80. The first-order chi connectivity index (χ1) is 18.4. The van der Waals surface area contributed by atoms with Crippen molar-refractivity contribution < 1.29 is 59.1 Å². The van der Waals surface area contributed by atoms with Crippen molar-refractivity contribution in [1.29, 1.82) is 0 Å². The third-order valence-corrected chi connectivity index (χ3v) is 7.66. The highest BCUT2D eigenvalue weighted by atomic mass is 16.7. The van der Waals surface area contributed by atoms with Crippen molar-refractivity contribution in [1.82, 2.24) is 4.90 Å². The molecule has 0 spiro atoms. The number of likely N-dealkylation sites (N-methyl/N-ethyl adjacent to an activating group) is 1. The number of nitrogens with two attached hydrogens (primary N) is 2. The molecule has 1 aliphatic carbocycles. The molecule has 3 rings (SSSR count). The van der Waals surface area contributed by atoms with Gasteiger partial charge in [0.2, 0.25) is 0 Å². The molecule has 0 aromatic heterocycles. The lowest BCUT2D eigenvalue weighted by Gasteiger charge is -2.50. The number of hydrogen-bond donors (Lipinski definition) is 8. The molecule has 15 nitrogen and oxygen atoms in total. The van der Waals surface area contributed by atoms with Gasteiger partial charge in [-0.15, -0.1) is 0 Å². The smallest absolute Gasteiger partial charge is 0.410 e. The van der Waals surface area contributed by atoms with E-state index in [1.54, 1.807) is 27.7 Å². The molecule has 0 radical (unpaired) electrons. The maximum Gasteiger partial charge on any atom is 0.410 e. The average molecular weight is 582 g/mol. The van der Waals surface area contributed by atoms with Crippen LogP contribution in [0.15, 0.2) is 0 Å². The standard InChI is InChI=1S/C25H47N3O12/c1-10-7-11(27)19(16(32)18(10)38-22-15(31)14(30)13(29)12(8-26)37-22)39-21-17(33)20(25(5,35)9-36-21)28(6)23(34)40-24(2,3)4/h10-22,29-33,35H,7-9,26-27H2,1-6H3/t10-,11+,12+,13+,14-,15+,16-,17+,18?,19-,20+,21+,22+,25-/m0/s1. The third-order valence-electron chi connectivity index (χ3n) is 7.66. The van der Waals surface area contributed by atoms with Gasteiger partial charge in [-0.1, -0.05) is 6.92 Å². The Morgan fingerprint density at radius 1 is 1.00 bits per heavy atom. The summed E-state index contributed by atoms with van der Waals surface area (Å²) in [7, 11) is 1.38. The molecule has 3 fully saturated rings. The zero-order valence-corrected chi connectivity index (χ0v) is 23.9. The lowest BCUT2D eigenvalue weighted by molar-refractivity contribution is -0.335. The van der Waals surface area contributed by atoms with Crippen LogP contribution in [0.2, 0.25) is 0 Å². The zero-order chi connectivity index (χ0) is 30.3. The monoisotopic (exact) mass is 581 g/mol. The van der Waals surface area contributed by atoms with E-state index in [9.17, 15) is 35.4 Å². The van der Waals surface area contributed by atoms with Crippen LogP contribution >= 0.6 is 0 Å². The summed E-state index contributed by atoms with van der Waals surface area (Å²) in [4.78, 5) is 13.8. The SMILES string of the molecule is C[C@H]1C[C@@H](N)[C@H](O[C@H]2OC[C@](C)(O)[C@H](N(C)C(=O)OC(C)(C)C)[C@H]2O)[C@@H](O)C1O[C@H]1O[C@H](CN)[C@@H](O)[C@H](O)[C@H]1O. The van der Waals surface area contributed by atoms with E-state index in [0.717, 1.165) is 4.90 Å². The predicted molar refractivity (Wildman–Crippen MR) is 137 cm³/mol. The topological polar surface area (TPSA) is 240 Å². The fourth-order valence-electron chi connectivity index (χ4n) is 5.57. The minimum absolute atomic E-state index is 0.149. The summed E-state index contributed by atoms with van der Waals surface area (Å²) in [5, 5.41) is 64.1. The molecule has 15 heteroatoms. The fourth-order valence-corrected chi connectivity index (χ4v) is 5.57. The summed E-state index contributed by atoms with van der Waals surface area (Å²) >= 11 is 0. The molecule has 10 N–H and O–H groups in total. The van der Waals surface area contributed by atoms with Gasteiger partial charge in [-0.2, -0.15) is 0 Å². The summed E-state index contributed by atoms with van der Waals surface area (Å²) in [6.45, 7) is 7.76. The molecule has 1 amide bonds. The van der Waals surface area contributed by atoms with E-state index < -0.39 is 90.8 Å². The summed E-state index contributed by atoms with van der Waals surface area (Å²) < 4.78 is 28.4. The Labute approximate surface area is 233 Å². The maximum absolute atomic E-state index is 12.7. The second-order valence-corrected chi connectivity index (χ2v) is 12.4. The van der Waals surface area contributed by atoms with Crippen molar-refractivity contribution in [3.05, 3.63) is 0 Å². The number of carbonyl (C=O) groups excluding carboxylic acids is 1. The lowest BCUT2D eigenvalue weighted by Crippen LogP contribution is -2.69. The summed E-state index contributed by atoms with van der Waals surface area (Å²) in [5.74, 6) is -0.357. The molecular weight excluding hydrogens is 534 g/mol. The Kier molecular flexibility index (Phi) is 10.5. The van der Waals surface area contributed by atoms with Gasteiger partial charge in [0, 0.05) is 19.6 Å². The van der Waals surface area contributed by atoms with Gasteiger partial charge in [-0.3, -0.25) is 0 Å². The Hall–Kier alpha value is -1.21. The fraction of sp³-hybridized carbons (Fsp3) is 0.960. The van der Waals surface area contributed by atoms with Crippen molar-refractivity contribution in [2.75, 3.05) is 20.2 Å². The molecule has 0 aromatic carbocycles. The van der Waals surface area contributed by atoms with Crippen LogP contribution in [0.1, 0.15) is 41.0 Å².